The van der Waals surface area contributed by atoms with Gasteiger partial charge in [0.25, 0.3) is 0 Å². The Bertz CT molecular complexity index is 1040. The first-order valence-corrected chi connectivity index (χ1v) is 9.44. The summed E-state index contributed by atoms with van der Waals surface area (Å²) in [6, 6.07) is 13.2. The zero-order valence-electron chi connectivity index (χ0n) is 15.4. The summed E-state index contributed by atoms with van der Waals surface area (Å²) in [5.41, 5.74) is 2.68. The van der Waals surface area contributed by atoms with Crippen LogP contribution < -0.4 is 19.5 Å². The van der Waals surface area contributed by atoms with Crippen LogP contribution in [0.3, 0.4) is 0 Å². The number of thiazole rings is 1. The molecule has 2 heterocycles. The van der Waals surface area contributed by atoms with Gasteiger partial charge < -0.3 is 14.2 Å². The van der Waals surface area contributed by atoms with E-state index in [0.29, 0.717) is 16.6 Å². The van der Waals surface area contributed by atoms with Gasteiger partial charge in [0, 0.05) is 16.5 Å². The van der Waals surface area contributed by atoms with Crippen LogP contribution in [0.15, 0.2) is 48.5 Å². The third-order valence-electron chi connectivity index (χ3n) is 4.21. The van der Waals surface area contributed by atoms with Crippen LogP contribution in [-0.2, 0) is 4.79 Å². The summed E-state index contributed by atoms with van der Waals surface area (Å²) in [6.45, 7) is 2.21. The van der Waals surface area contributed by atoms with Gasteiger partial charge in [-0.2, -0.15) is 0 Å². The molecule has 6 nitrogen and oxygen atoms in total. The molecule has 4 rings (SSSR count). The van der Waals surface area contributed by atoms with Gasteiger partial charge in [-0.1, -0.05) is 6.07 Å². The SMILES string of the molecule is COc1ccc(-c2nc(NC(=O)C=Cc3ccc4c(c3)OCO4)sc2C)cc1. The Morgan fingerprint density at radius 3 is 2.75 bits per heavy atom. The molecule has 0 bridgehead atoms. The molecule has 2 aromatic carbocycles. The Kier molecular flexibility index (Phi) is 4.99. The summed E-state index contributed by atoms with van der Waals surface area (Å²) < 4.78 is 15.8. The number of nitrogens with zero attached hydrogens (tertiary/aromatic N) is 1. The quantitative estimate of drug-likeness (QED) is 0.645. The second-order valence-electron chi connectivity index (χ2n) is 6.09. The highest BCUT2D eigenvalue weighted by molar-refractivity contribution is 7.16. The molecule has 1 aromatic heterocycles. The minimum atomic E-state index is -0.243. The average Bonchev–Trinajstić information content (AvgIpc) is 3.32. The van der Waals surface area contributed by atoms with E-state index in [0.717, 1.165) is 27.4 Å². The van der Waals surface area contributed by atoms with E-state index in [9.17, 15) is 4.79 Å². The maximum Gasteiger partial charge on any atom is 0.250 e. The van der Waals surface area contributed by atoms with Gasteiger partial charge in [0.2, 0.25) is 12.7 Å². The molecule has 0 atom stereocenters. The van der Waals surface area contributed by atoms with Crippen molar-refractivity contribution in [1.29, 1.82) is 0 Å². The number of carbonyl (C=O) groups excluding carboxylic acids is 1. The minimum Gasteiger partial charge on any atom is -0.497 e. The second-order valence-corrected chi connectivity index (χ2v) is 7.29. The van der Waals surface area contributed by atoms with Gasteiger partial charge in [-0.3, -0.25) is 10.1 Å². The number of ether oxygens (including phenoxy) is 3. The van der Waals surface area contributed by atoms with Gasteiger partial charge in [-0.05, 0) is 55.0 Å². The first kappa shape index (κ1) is 18.1. The topological polar surface area (TPSA) is 69.7 Å². The van der Waals surface area contributed by atoms with Crippen molar-refractivity contribution in [3.05, 3.63) is 59.0 Å². The Morgan fingerprint density at radius 1 is 1.18 bits per heavy atom. The predicted octanol–water partition coefficient (Wildman–Crippen LogP) is 4.51. The molecule has 28 heavy (non-hydrogen) atoms. The number of methoxy groups -OCH3 is 1. The summed E-state index contributed by atoms with van der Waals surface area (Å²) in [7, 11) is 1.63. The molecule has 0 aliphatic carbocycles. The molecule has 1 amide bonds. The van der Waals surface area contributed by atoms with Crippen molar-refractivity contribution < 1.29 is 19.0 Å². The lowest BCUT2D eigenvalue weighted by atomic mass is 10.1. The smallest absolute Gasteiger partial charge is 0.250 e. The van der Waals surface area contributed by atoms with Crippen LogP contribution in [0.5, 0.6) is 17.2 Å². The van der Waals surface area contributed by atoms with Crippen LogP contribution in [0, 0.1) is 6.92 Å². The summed E-state index contributed by atoms with van der Waals surface area (Å²) in [5.74, 6) is 1.94. The zero-order chi connectivity index (χ0) is 19.5. The van der Waals surface area contributed by atoms with Gasteiger partial charge in [-0.25, -0.2) is 4.98 Å². The van der Waals surface area contributed by atoms with Gasteiger partial charge in [-0.15, -0.1) is 11.3 Å². The van der Waals surface area contributed by atoms with Crippen molar-refractivity contribution in [3.63, 3.8) is 0 Å². The Morgan fingerprint density at radius 2 is 1.96 bits per heavy atom. The van der Waals surface area contributed by atoms with E-state index in [-0.39, 0.29) is 12.7 Å². The maximum atomic E-state index is 12.3. The molecule has 0 radical (unpaired) electrons. The van der Waals surface area contributed by atoms with Crippen molar-refractivity contribution >= 4 is 28.5 Å². The fraction of sp³-hybridized carbons (Fsp3) is 0.143. The maximum absolute atomic E-state index is 12.3. The molecule has 1 aliphatic heterocycles. The van der Waals surface area contributed by atoms with E-state index in [2.05, 4.69) is 10.3 Å². The van der Waals surface area contributed by atoms with Gasteiger partial charge in [0.1, 0.15) is 5.75 Å². The fourth-order valence-corrected chi connectivity index (χ4v) is 3.64. The molecule has 3 aromatic rings. The first-order valence-electron chi connectivity index (χ1n) is 8.63. The number of hydrogen-bond acceptors (Lipinski definition) is 6. The van der Waals surface area contributed by atoms with E-state index in [4.69, 9.17) is 14.2 Å². The van der Waals surface area contributed by atoms with Gasteiger partial charge in [0.05, 0.1) is 12.8 Å². The lowest BCUT2D eigenvalue weighted by Gasteiger charge is -2.01. The molecular formula is C21H18N2O4S. The number of aryl methyl sites for hydroxylation is 1. The van der Waals surface area contributed by atoms with Crippen molar-refractivity contribution in [2.45, 2.75) is 6.92 Å². The van der Waals surface area contributed by atoms with Crippen molar-refractivity contribution in [1.82, 2.24) is 4.98 Å². The van der Waals surface area contributed by atoms with E-state index >= 15 is 0 Å². The Hall–Kier alpha value is -3.32. The molecule has 0 saturated carbocycles. The Balaban J connectivity index is 1.44. The van der Waals surface area contributed by atoms with Crippen LogP contribution in [0.1, 0.15) is 10.4 Å². The van der Waals surface area contributed by atoms with Crippen molar-refractivity contribution in [2.75, 3.05) is 19.2 Å². The highest BCUT2D eigenvalue weighted by atomic mass is 32.1. The number of anilines is 1. The molecule has 0 spiro atoms. The number of hydrogen-bond donors (Lipinski definition) is 1. The summed E-state index contributed by atoms with van der Waals surface area (Å²) in [4.78, 5) is 17.8. The molecule has 1 N–H and O–H groups in total. The van der Waals surface area contributed by atoms with Crippen molar-refractivity contribution in [2.24, 2.45) is 0 Å². The van der Waals surface area contributed by atoms with E-state index in [1.165, 1.54) is 17.4 Å². The molecule has 7 heteroatoms. The zero-order valence-corrected chi connectivity index (χ0v) is 16.2. The van der Waals surface area contributed by atoms with Crippen LogP contribution in [0.4, 0.5) is 5.13 Å². The molecule has 0 unspecified atom stereocenters. The highest BCUT2D eigenvalue weighted by Crippen LogP contribution is 2.33. The summed E-state index contributed by atoms with van der Waals surface area (Å²) in [5, 5.41) is 3.38. The second kappa shape index (κ2) is 7.74. The number of aromatic nitrogens is 1. The number of nitrogens with one attached hydrogen (secondary N) is 1. The predicted molar refractivity (Wildman–Crippen MR) is 109 cm³/mol. The first-order chi connectivity index (χ1) is 13.6. The lowest BCUT2D eigenvalue weighted by molar-refractivity contribution is -0.111. The van der Waals surface area contributed by atoms with E-state index < -0.39 is 0 Å². The largest absolute Gasteiger partial charge is 0.497 e. The number of benzene rings is 2. The van der Waals surface area contributed by atoms with Crippen LogP contribution in [-0.4, -0.2) is 24.8 Å². The minimum absolute atomic E-state index is 0.225. The third-order valence-corrected chi connectivity index (χ3v) is 5.10. The number of fused-ring (bicyclic) bond motifs is 1. The normalized spacial score (nSPS) is 12.4. The molecule has 1 aliphatic rings. The lowest BCUT2D eigenvalue weighted by Crippen LogP contribution is -2.07. The standard InChI is InChI=1S/C21H18N2O4S/c1-13-20(15-5-7-16(25-2)8-6-15)23-21(28-13)22-19(24)10-4-14-3-9-17-18(11-14)27-12-26-17/h3-11H,12H2,1-2H3,(H,22,23,24). The third kappa shape index (κ3) is 3.84. The van der Waals surface area contributed by atoms with Crippen LogP contribution >= 0.6 is 11.3 Å². The molecule has 0 saturated heterocycles. The number of carbonyl (C=O) groups is 1. The van der Waals surface area contributed by atoms with Gasteiger partial charge in [0.15, 0.2) is 16.6 Å². The average molecular weight is 394 g/mol. The van der Waals surface area contributed by atoms with Crippen LogP contribution in [0.25, 0.3) is 17.3 Å². The van der Waals surface area contributed by atoms with E-state index in [1.807, 2.05) is 49.4 Å². The molecular weight excluding hydrogens is 376 g/mol. The summed E-state index contributed by atoms with van der Waals surface area (Å²) >= 11 is 1.44. The van der Waals surface area contributed by atoms with Crippen molar-refractivity contribution in [3.8, 4) is 28.5 Å². The molecule has 142 valence electrons. The van der Waals surface area contributed by atoms with Crippen LogP contribution in [0.2, 0.25) is 0 Å². The van der Waals surface area contributed by atoms with Gasteiger partial charge >= 0.3 is 0 Å². The van der Waals surface area contributed by atoms with E-state index in [1.54, 1.807) is 13.2 Å². The monoisotopic (exact) mass is 394 g/mol. The fourth-order valence-electron chi connectivity index (χ4n) is 2.80. The highest BCUT2D eigenvalue weighted by Gasteiger charge is 2.13. The number of amides is 1. The number of rotatable bonds is 5. The summed E-state index contributed by atoms with van der Waals surface area (Å²) in [6.07, 6.45) is 3.20. The molecule has 0 fully saturated rings. The Labute approximate surface area is 166 Å².